The third-order valence-electron chi connectivity index (χ3n) is 6.16. The number of benzene rings is 2. The van der Waals surface area contributed by atoms with Crippen molar-refractivity contribution in [1.29, 1.82) is 0 Å². The minimum absolute atomic E-state index is 0.0612. The molecule has 1 aliphatic heterocycles. The second-order valence-electron chi connectivity index (χ2n) is 8.18. The fourth-order valence-corrected chi connectivity index (χ4v) is 5.73. The van der Waals surface area contributed by atoms with Crippen molar-refractivity contribution >= 4 is 17.7 Å². The minimum Gasteiger partial charge on any atom is -0.493 e. The SMILES string of the molecule is COc1ccc([C@@H]2SCCN2C(=O)CCC2CCCC2)cc1OCc1ccccc1. The molecular formula is C25H31NO3S. The fourth-order valence-electron chi connectivity index (χ4n) is 4.47. The molecule has 0 N–H and O–H groups in total. The third kappa shape index (κ3) is 5.12. The molecule has 1 amide bonds. The molecule has 1 saturated heterocycles. The van der Waals surface area contributed by atoms with E-state index in [2.05, 4.69) is 11.0 Å². The maximum Gasteiger partial charge on any atom is 0.223 e. The Kier molecular flexibility index (Phi) is 7.21. The highest BCUT2D eigenvalue weighted by Gasteiger charge is 2.31. The first-order valence-electron chi connectivity index (χ1n) is 11.0. The minimum atomic E-state index is 0.0612. The van der Waals surface area contributed by atoms with Gasteiger partial charge in [-0.3, -0.25) is 4.79 Å². The highest BCUT2D eigenvalue weighted by Crippen LogP contribution is 2.42. The van der Waals surface area contributed by atoms with Crippen molar-refractivity contribution < 1.29 is 14.3 Å². The summed E-state index contributed by atoms with van der Waals surface area (Å²) in [6.07, 6.45) is 6.98. The maximum atomic E-state index is 13.0. The second-order valence-corrected chi connectivity index (χ2v) is 9.37. The Balaban J connectivity index is 1.44. The molecule has 5 heteroatoms. The van der Waals surface area contributed by atoms with Gasteiger partial charge in [0.25, 0.3) is 0 Å². The number of amides is 1. The number of thioether (sulfide) groups is 1. The summed E-state index contributed by atoms with van der Waals surface area (Å²) in [4.78, 5) is 15.0. The molecule has 160 valence electrons. The molecule has 0 radical (unpaired) electrons. The van der Waals surface area contributed by atoms with Crippen LogP contribution in [0.3, 0.4) is 0 Å². The normalized spacial score (nSPS) is 19.2. The van der Waals surface area contributed by atoms with Crippen LogP contribution in [0.1, 0.15) is 55.0 Å². The van der Waals surface area contributed by atoms with Crippen LogP contribution in [-0.4, -0.2) is 30.2 Å². The van der Waals surface area contributed by atoms with Gasteiger partial charge in [0.1, 0.15) is 12.0 Å². The van der Waals surface area contributed by atoms with Crippen molar-refractivity contribution in [3.05, 3.63) is 59.7 Å². The molecule has 1 heterocycles. The van der Waals surface area contributed by atoms with Crippen LogP contribution >= 0.6 is 11.8 Å². The molecule has 0 unspecified atom stereocenters. The van der Waals surface area contributed by atoms with Gasteiger partial charge in [-0.2, -0.15) is 0 Å². The highest BCUT2D eigenvalue weighted by atomic mass is 32.2. The molecule has 1 aliphatic carbocycles. The predicted octanol–water partition coefficient (Wildman–Crippen LogP) is 5.82. The van der Waals surface area contributed by atoms with Crippen LogP contribution in [-0.2, 0) is 11.4 Å². The number of carbonyl (C=O) groups excluding carboxylic acids is 1. The standard InChI is InChI=1S/C25H31NO3S/c1-28-22-13-12-21(17-23(22)29-18-20-9-3-2-4-10-20)25-26(15-16-30-25)24(27)14-11-19-7-5-6-8-19/h2-4,9-10,12-13,17,19,25H,5-8,11,14-16,18H2,1H3/t25-/m0/s1. The Labute approximate surface area is 183 Å². The number of rotatable bonds is 8. The van der Waals surface area contributed by atoms with Gasteiger partial charge in [-0.15, -0.1) is 11.8 Å². The van der Waals surface area contributed by atoms with Gasteiger partial charge in [0.15, 0.2) is 11.5 Å². The van der Waals surface area contributed by atoms with Crippen LogP contribution in [0, 0.1) is 5.92 Å². The van der Waals surface area contributed by atoms with Gasteiger partial charge in [-0.05, 0) is 35.6 Å². The van der Waals surface area contributed by atoms with Gasteiger partial charge < -0.3 is 14.4 Å². The number of ether oxygens (including phenoxy) is 2. The summed E-state index contributed by atoms with van der Waals surface area (Å²) in [5, 5.41) is 0.0612. The lowest BCUT2D eigenvalue weighted by atomic mass is 10.0. The van der Waals surface area contributed by atoms with Crippen molar-refractivity contribution in [1.82, 2.24) is 4.90 Å². The summed E-state index contributed by atoms with van der Waals surface area (Å²) in [5.74, 6) is 3.47. The Morgan fingerprint density at radius 3 is 2.67 bits per heavy atom. The van der Waals surface area contributed by atoms with Gasteiger partial charge in [-0.1, -0.05) is 62.1 Å². The van der Waals surface area contributed by atoms with Crippen molar-refractivity contribution in [3.8, 4) is 11.5 Å². The lowest BCUT2D eigenvalue weighted by Gasteiger charge is -2.25. The van der Waals surface area contributed by atoms with Gasteiger partial charge in [0.2, 0.25) is 5.91 Å². The van der Waals surface area contributed by atoms with E-state index in [0.29, 0.717) is 18.9 Å². The van der Waals surface area contributed by atoms with Gasteiger partial charge >= 0.3 is 0 Å². The molecule has 1 saturated carbocycles. The maximum absolute atomic E-state index is 13.0. The van der Waals surface area contributed by atoms with E-state index in [1.165, 1.54) is 25.7 Å². The largest absolute Gasteiger partial charge is 0.493 e. The number of hydrogen-bond acceptors (Lipinski definition) is 4. The third-order valence-corrected chi connectivity index (χ3v) is 7.42. The van der Waals surface area contributed by atoms with Crippen LogP contribution in [0.25, 0.3) is 0 Å². The number of hydrogen-bond donors (Lipinski definition) is 0. The van der Waals surface area contributed by atoms with Crippen molar-refractivity contribution in [2.75, 3.05) is 19.4 Å². The van der Waals surface area contributed by atoms with E-state index in [-0.39, 0.29) is 5.37 Å². The van der Waals surface area contributed by atoms with Crippen LogP contribution in [0.5, 0.6) is 11.5 Å². The Hall–Kier alpha value is -2.14. The molecular weight excluding hydrogens is 394 g/mol. The van der Waals surface area contributed by atoms with E-state index in [4.69, 9.17) is 9.47 Å². The lowest BCUT2D eigenvalue weighted by molar-refractivity contribution is -0.131. The zero-order valence-corrected chi connectivity index (χ0v) is 18.5. The number of methoxy groups -OCH3 is 1. The lowest BCUT2D eigenvalue weighted by Crippen LogP contribution is -2.30. The van der Waals surface area contributed by atoms with E-state index in [9.17, 15) is 4.79 Å². The summed E-state index contributed by atoms with van der Waals surface area (Å²) >= 11 is 1.84. The summed E-state index contributed by atoms with van der Waals surface area (Å²) in [6.45, 7) is 1.31. The molecule has 2 aromatic rings. The van der Waals surface area contributed by atoms with E-state index >= 15 is 0 Å². The first kappa shape index (κ1) is 21.1. The van der Waals surface area contributed by atoms with Gasteiger partial charge in [-0.25, -0.2) is 0 Å². The van der Waals surface area contributed by atoms with Crippen molar-refractivity contribution in [3.63, 3.8) is 0 Å². The summed E-state index contributed by atoms with van der Waals surface area (Å²) in [7, 11) is 1.66. The smallest absolute Gasteiger partial charge is 0.223 e. The topological polar surface area (TPSA) is 38.8 Å². The zero-order valence-electron chi connectivity index (χ0n) is 17.7. The summed E-state index contributed by atoms with van der Waals surface area (Å²) in [5.41, 5.74) is 2.22. The van der Waals surface area contributed by atoms with Crippen molar-refractivity contribution in [2.45, 2.75) is 50.5 Å². The Morgan fingerprint density at radius 2 is 1.90 bits per heavy atom. The summed E-state index contributed by atoms with van der Waals surface area (Å²) < 4.78 is 11.6. The average Bonchev–Trinajstić information content (AvgIpc) is 3.49. The van der Waals surface area contributed by atoms with Crippen LogP contribution in [0.15, 0.2) is 48.5 Å². The average molecular weight is 426 g/mol. The molecule has 30 heavy (non-hydrogen) atoms. The fraction of sp³-hybridized carbons (Fsp3) is 0.480. The van der Waals surface area contributed by atoms with E-state index < -0.39 is 0 Å². The van der Waals surface area contributed by atoms with E-state index in [1.54, 1.807) is 7.11 Å². The van der Waals surface area contributed by atoms with Crippen LogP contribution < -0.4 is 9.47 Å². The molecule has 2 aromatic carbocycles. The molecule has 0 spiro atoms. The monoisotopic (exact) mass is 425 g/mol. The van der Waals surface area contributed by atoms with Crippen molar-refractivity contribution in [2.24, 2.45) is 5.92 Å². The first-order valence-corrected chi connectivity index (χ1v) is 12.0. The quantitative estimate of drug-likeness (QED) is 0.534. The van der Waals surface area contributed by atoms with E-state index in [0.717, 1.165) is 47.3 Å². The van der Waals surface area contributed by atoms with Crippen LogP contribution in [0.2, 0.25) is 0 Å². The number of nitrogens with zero attached hydrogens (tertiary/aromatic N) is 1. The molecule has 0 aromatic heterocycles. The van der Waals surface area contributed by atoms with E-state index in [1.807, 2.05) is 54.2 Å². The Morgan fingerprint density at radius 1 is 1.10 bits per heavy atom. The highest BCUT2D eigenvalue weighted by molar-refractivity contribution is 7.99. The molecule has 0 bridgehead atoms. The molecule has 4 nitrogen and oxygen atoms in total. The molecule has 2 aliphatic rings. The number of carbonyl (C=O) groups is 1. The molecule has 1 atom stereocenters. The second kappa shape index (κ2) is 10.3. The molecule has 4 rings (SSSR count). The summed E-state index contributed by atoms with van der Waals surface area (Å²) in [6, 6.07) is 16.2. The molecule has 2 fully saturated rings. The Bertz CT molecular complexity index is 836. The van der Waals surface area contributed by atoms with Gasteiger partial charge in [0, 0.05) is 18.7 Å². The van der Waals surface area contributed by atoms with Crippen LogP contribution in [0.4, 0.5) is 0 Å². The van der Waals surface area contributed by atoms with Gasteiger partial charge in [0.05, 0.1) is 7.11 Å². The predicted molar refractivity (Wildman–Crippen MR) is 122 cm³/mol. The zero-order chi connectivity index (χ0) is 20.8. The first-order chi connectivity index (χ1) is 14.7.